The van der Waals surface area contributed by atoms with E-state index in [1.807, 2.05) is 0 Å². The van der Waals surface area contributed by atoms with Gasteiger partial charge in [-0.2, -0.15) is 0 Å². The van der Waals surface area contributed by atoms with Crippen LogP contribution in [0.15, 0.2) is 24.3 Å². The maximum Gasteiger partial charge on any atom is 0.0589 e. The first-order valence-corrected chi connectivity index (χ1v) is 7.64. The molecule has 0 aromatic heterocycles. The third-order valence-electron chi connectivity index (χ3n) is 3.69. The second-order valence-electron chi connectivity index (χ2n) is 5.59. The molecule has 4 nitrogen and oxygen atoms in total. The zero-order valence-corrected chi connectivity index (χ0v) is 13.8. The predicted octanol–water partition coefficient (Wildman–Crippen LogP) is 2.37. The van der Waals surface area contributed by atoms with E-state index in [1.54, 1.807) is 14.2 Å². The van der Waals surface area contributed by atoms with Crippen LogP contribution < -0.4 is 5.73 Å². The molecule has 0 aliphatic carbocycles. The van der Waals surface area contributed by atoms with E-state index in [4.69, 9.17) is 15.2 Å². The summed E-state index contributed by atoms with van der Waals surface area (Å²) < 4.78 is 10.4. The van der Waals surface area contributed by atoms with Crippen LogP contribution in [0.4, 0.5) is 0 Å². The van der Waals surface area contributed by atoms with E-state index in [0.717, 1.165) is 26.1 Å². The molecular formula is C17H30N2O2. The number of nitrogens with two attached hydrogens (primary N) is 1. The average molecular weight is 294 g/mol. The highest BCUT2D eigenvalue weighted by Crippen LogP contribution is 2.24. The van der Waals surface area contributed by atoms with Crippen molar-refractivity contribution in [2.75, 3.05) is 40.5 Å². The monoisotopic (exact) mass is 294 g/mol. The number of nitrogens with zero attached hydrogens (tertiary/aromatic N) is 1. The van der Waals surface area contributed by atoms with Crippen LogP contribution in [0.1, 0.15) is 30.5 Å². The van der Waals surface area contributed by atoms with Crippen molar-refractivity contribution in [1.29, 1.82) is 0 Å². The summed E-state index contributed by atoms with van der Waals surface area (Å²) in [5, 5.41) is 0. The number of hydrogen-bond donors (Lipinski definition) is 1. The molecule has 2 N–H and O–H groups in total. The van der Waals surface area contributed by atoms with Gasteiger partial charge in [-0.15, -0.1) is 0 Å². The van der Waals surface area contributed by atoms with E-state index in [9.17, 15) is 0 Å². The molecule has 0 bridgehead atoms. The zero-order chi connectivity index (χ0) is 15.7. The van der Waals surface area contributed by atoms with Crippen molar-refractivity contribution in [2.24, 2.45) is 5.73 Å². The molecule has 2 unspecified atom stereocenters. The standard InChI is InChI=1S/C17H30N2O2/c1-14-6-8-16(9-7-14)17(15(2)18)19(11-13-21-4)10-5-12-20-3/h6-9,15,17H,5,10-13,18H2,1-4H3. The molecule has 21 heavy (non-hydrogen) atoms. The number of benzene rings is 1. The Hall–Kier alpha value is -0.940. The first-order chi connectivity index (χ1) is 10.1. The van der Waals surface area contributed by atoms with Crippen molar-refractivity contribution in [3.63, 3.8) is 0 Å². The number of ether oxygens (including phenoxy) is 2. The summed E-state index contributed by atoms with van der Waals surface area (Å²) in [5.74, 6) is 0. The Morgan fingerprint density at radius 2 is 1.67 bits per heavy atom. The van der Waals surface area contributed by atoms with E-state index >= 15 is 0 Å². The van der Waals surface area contributed by atoms with Gasteiger partial charge in [-0.05, 0) is 25.8 Å². The number of aryl methyl sites for hydroxylation is 1. The number of rotatable bonds is 10. The normalized spacial score (nSPS) is 14.4. The Morgan fingerprint density at radius 3 is 2.19 bits per heavy atom. The highest BCUT2D eigenvalue weighted by Gasteiger charge is 2.23. The lowest BCUT2D eigenvalue weighted by Gasteiger charge is -2.34. The summed E-state index contributed by atoms with van der Waals surface area (Å²) in [4.78, 5) is 2.40. The molecule has 0 heterocycles. The first kappa shape index (κ1) is 18.1. The molecular weight excluding hydrogens is 264 g/mol. The van der Waals surface area contributed by atoms with Crippen LogP contribution in [0.5, 0.6) is 0 Å². The topological polar surface area (TPSA) is 47.7 Å². The van der Waals surface area contributed by atoms with Crippen LogP contribution in [0, 0.1) is 6.92 Å². The molecule has 1 aromatic carbocycles. The van der Waals surface area contributed by atoms with E-state index < -0.39 is 0 Å². The van der Waals surface area contributed by atoms with Gasteiger partial charge in [-0.25, -0.2) is 0 Å². The Morgan fingerprint density at radius 1 is 1.05 bits per heavy atom. The van der Waals surface area contributed by atoms with Gasteiger partial charge in [0, 0.05) is 46.0 Å². The van der Waals surface area contributed by atoms with Gasteiger partial charge in [0.25, 0.3) is 0 Å². The molecule has 0 saturated carbocycles. The fourth-order valence-electron chi connectivity index (χ4n) is 2.62. The van der Waals surface area contributed by atoms with Gasteiger partial charge in [0.1, 0.15) is 0 Å². The lowest BCUT2D eigenvalue weighted by Crippen LogP contribution is -2.42. The molecule has 0 fully saturated rings. The number of methoxy groups -OCH3 is 2. The molecule has 1 rings (SSSR count). The van der Waals surface area contributed by atoms with Gasteiger partial charge in [0.2, 0.25) is 0 Å². The van der Waals surface area contributed by atoms with Crippen LogP contribution in [-0.2, 0) is 9.47 Å². The Labute approximate surface area is 129 Å². The molecule has 2 atom stereocenters. The molecule has 1 aromatic rings. The SMILES string of the molecule is COCCCN(CCOC)C(c1ccc(C)cc1)C(C)N. The predicted molar refractivity (Wildman–Crippen MR) is 87.5 cm³/mol. The van der Waals surface area contributed by atoms with Crippen LogP contribution in [0.2, 0.25) is 0 Å². The van der Waals surface area contributed by atoms with Crippen LogP contribution in [0.25, 0.3) is 0 Å². The van der Waals surface area contributed by atoms with Crippen LogP contribution >= 0.6 is 0 Å². The molecule has 0 saturated heterocycles. The van der Waals surface area contributed by atoms with Crippen molar-refractivity contribution in [2.45, 2.75) is 32.4 Å². The smallest absolute Gasteiger partial charge is 0.0589 e. The summed E-state index contributed by atoms with van der Waals surface area (Å²) in [7, 11) is 3.47. The van der Waals surface area contributed by atoms with Gasteiger partial charge in [0.05, 0.1) is 6.61 Å². The Balaban J connectivity index is 2.86. The van der Waals surface area contributed by atoms with Crippen molar-refractivity contribution >= 4 is 0 Å². The molecule has 120 valence electrons. The van der Waals surface area contributed by atoms with Gasteiger partial charge < -0.3 is 15.2 Å². The molecule has 0 amide bonds. The second kappa shape index (κ2) is 9.90. The minimum absolute atomic E-state index is 0.0621. The fraction of sp³-hybridized carbons (Fsp3) is 0.647. The molecule has 0 aliphatic heterocycles. The van der Waals surface area contributed by atoms with Gasteiger partial charge in [0.15, 0.2) is 0 Å². The van der Waals surface area contributed by atoms with E-state index in [-0.39, 0.29) is 12.1 Å². The van der Waals surface area contributed by atoms with Crippen LogP contribution in [-0.4, -0.2) is 51.5 Å². The summed E-state index contributed by atoms with van der Waals surface area (Å²) >= 11 is 0. The quantitative estimate of drug-likeness (QED) is 0.673. The fourth-order valence-corrected chi connectivity index (χ4v) is 2.62. The summed E-state index contributed by atoms with van der Waals surface area (Å²) in [6.07, 6.45) is 0.995. The number of hydrogen-bond acceptors (Lipinski definition) is 4. The van der Waals surface area contributed by atoms with Crippen molar-refractivity contribution in [3.8, 4) is 0 Å². The van der Waals surface area contributed by atoms with Gasteiger partial charge in [-0.3, -0.25) is 4.90 Å². The van der Waals surface area contributed by atoms with E-state index in [1.165, 1.54) is 11.1 Å². The first-order valence-electron chi connectivity index (χ1n) is 7.64. The highest BCUT2D eigenvalue weighted by atomic mass is 16.5. The maximum atomic E-state index is 6.27. The van der Waals surface area contributed by atoms with Crippen LogP contribution in [0.3, 0.4) is 0 Å². The largest absolute Gasteiger partial charge is 0.385 e. The van der Waals surface area contributed by atoms with E-state index in [0.29, 0.717) is 6.61 Å². The van der Waals surface area contributed by atoms with Gasteiger partial charge in [-0.1, -0.05) is 29.8 Å². The Kier molecular flexibility index (Phi) is 8.54. The van der Waals surface area contributed by atoms with Gasteiger partial charge >= 0.3 is 0 Å². The minimum atomic E-state index is 0.0621. The lowest BCUT2D eigenvalue weighted by atomic mass is 9.98. The summed E-state index contributed by atoms with van der Waals surface area (Å²) in [5.41, 5.74) is 8.81. The third-order valence-corrected chi connectivity index (χ3v) is 3.69. The molecule has 0 aliphatic rings. The van der Waals surface area contributed by atoms with Crippen molar-refractivity contribution in [3.05, 3.63) is 35.4 Å². The summed E-state index contributed by atoms with van der Waals surface area (Å²) in [6, 6.07) is 8.92. The average Bonchev–Trinajstić information content (AvgIpc) is 2.46. The van der Waals surface area contributed by atoms with Crippen molar-refractivity contribution in [1.82, 2.24) is 4.90 Å². The lowest BCUT2D eigenvalue weighted by molar-refractivity contribution is 0.0981. The summed E-state index contributed by atoms with van der Waals surface area (Å²) in [6.45, 7) is 7.48. The molecule has 0 radical (unpaired) electrons. The second-order valence-corrected chi connectivity index (χ2v) is 5.59. The highest BCUT2D eigenvalue weighted by molar-refractivity contribution is 5.25. The molecule has 4 heteroatoms. The Bertz CT molecular complexity index is 379. The third kappa shape index (κ3) is 6.14. The van der Waals surface area contributed by atoms with E-state index in [2.05, 4.69) is 43.0 Å². The zero-order valence-electron chi connectivity index (χ0n) is 13.8. The van der Waals surface area contributed by atoms with Crippen molar-refractivity contribution < 1.29 is 9.47 Å². The minimum Gasteiger partial charge on any atom is -0.385 e. The molecule has 0 spiro atoms. The maximum absolute atomic E-state index is 6.27.